The van der Waals surface area contributed by atoms with E-state index in [0.717, 1.165) is 5.56 Å². The average Bonchev–Trinajstić information content (AvgIpc) is 3.71. The van der Waals surface area contributed by atoms with Crippen LogP contribution >= 0.6 is 15.9 Å². The van der Waals surface area contributed by atoms with E-state index in [1.165, 1.54) is 4.90 Å². The summed E-state index contributed by atoms with van der Waals surface area (Å²) in [5.74, 6) is -3.55. The van der Waals surface area contributed by atoms with Crippen LogP contribution in [0.2, 0.25) is 0 Å². The number of nitrogens with zero attached hydrogens (tertiary/aromatic N) is 3. The molecule has 1 spiro atoms. The van der Waals surface area contributed by atoms with Crippen LogP contribution in [0.4, 0.5) is 0 Å². The van der Waals surface area contributed by atoms with Crippen LogP contribution in [0.25, 0.3) is 0 Å². The summed E-state index contributed by atoms with van der Waals surface area (Å²) in [6, 6.07) is 16.5. The Labute approximate surface area is 302 Å². The number of hydrogen-bond donors (Lipinski definition) is 1. The summed E-state index contributed by atoms with van der Waals surface area (Å²) < 4.78 is 13.6. The molecule has 4 aliphatic heterocycles. The fraction of sp³-hybridized carbons (Fsp3) is 0.487. The van der Waals surface area contributed by atoms with Gasteiger partial charge < -0.3 is 29.3 Å². The van der Waals surface area contributed by atoms with E-state index in [2.05, 4.69) is 15.9 Å². The molecule has 4 aliphatic rings. The van der Waals surface area contributed by atoms with Crippen molar-refractivity contribution in [3.8, 4) is 0 Å². The van der Waals surface area contributed by atoms with Gasteiger partial charge in [0.2, 0.25) is 17.7 Å². The summed E-state index contributed by atoms with van der Waals surface area (Å²) in [5, 5.41) is 10.7. The maximum atomic E-state index is 15.1. The molecule has 1 N–H and O–H groups in total. The molecular weight excluding hydrogens is 702 g/mol. The van der Waals surface area contributed by atoms with Gasteiger partial charge in [-0.1, -0.05) is 103 Å². The first-order valence-corrected chi connectivity index (χ1v) is 18.3. The molecule has 266 valence electrons. The van der Waals surface area contributed by atoms with Crippen molar-refractivity contribution in [2.75, 3.05) is 20.2 Å². The molecule has 11 heteroatoms. The molecule has 0 radical (unpaired) electrons. The van der Waals surface area contributed by atoms with Crippen LogP contribution in [0.1, 0.15) is 57.3 Å². The minimum absolute atomic E-state index is 0.107. The molecule has 10 nitrogen and oxygen atoms in total. The Hall–Kier alpha value is -3.80. The number of allylic oxidation sites excluding steroid dienone is 1. The average molecular weight is 749 g/mol. The number of hydrogen-bond acceptors (Lipinski definition) is 7. The van der Waals surface area contributed by atoms with Crippen LogP contribution in [-0.2, 0) is 35.2 Å². The number of aliphatic hydroxyl groups excluding tert-OH is 1. The number of cyclic esters (lactones) is 1. The smallest absolute Gasteiger partial charge is 0.313 e. The SMILES string of the molecule is CC(C)C[C@H](CO)N1C(=O)[C@H]2[C@@H]3C(=O)O[C@H](c4ccccc4)[C@@H](C)N(C)C(=O)CC/C=C\CN(Cc4ccccc4)C(=O)[C@H]1[C@@]21C=C(Br)[C@@H]3O1. The van der Waals surface area contributed by atoms with Gasteiger partial charge in [0.05, 0.1) is 24.6 Å². The number of likely N-dealkylation sites (tertiary alicyclic amines) is 1. The van der Waals surface area contributed by atoms with Gasteiger partial charge in [0.15, 0.2) is 0 Å². The van der Waals surface area contributed by atoms with Crippen molar-refractivity contribution in [1.82, 2.24) is 14.7 Å². The Morgan fingerprint density at radius 3 is 2.30 bits per heavy atom. The van der Waals surface area contributed by atoms with Crippen LogP contribution in [0.3, 0.4) is 0 Å². The number of rotatable bonds is 7. The lowest BCUT2D eigenvalue weighted by molar-refractivity contribution is -0.164. The summed E-state index contributed by atoms with van der Waals surface area (Å²) in [5.41, 5.74) is 0.137. The molecule has 5 bridgehead atoms. The van der Waals surface area contributed by atoms with Gasteiger partial charge in [0.25, 0.3) is 0 Å². The van der Waals surface area contributed by atoms with Crippen molar-refractivity contribution >= 4 is 39.6 Å². The lowest BCUT2D eigenvalue weighted by Gasteiger charge is -2.39. The van der Waals surface area contributed by atoms with E-state index in [1.54, 1.807) is 22.9 Å². The molecular formula is C39H46BrN3O7. The second kappa shape index (κ2) is 14.8. The maximum Gasteiger partial charge on any atom is 0.313 e. The van der Waals surface area contributed by atoms with Gasteiger partial charge in [0, 0.05) is 31.0 Å². The molecule has 50 heavy (non-hydrogen) atoms. The molecule has 6 rings (SSSR count). The van der Waals surface area contributed by atoms with Gasteiger partial charge in [-0.3, -0.25) is 19.2 Å². The van der Waals surface area contributed by atoms with E-state index in [1.807, 2.05) is 93.6 Å². The highest BCUT2D eigenvalue weighted by atomic mass is 79.9. The minimum Gasteiger partial charge on any atom is -0.455 e. The van der Waals surface area contributed by atoms with Gasteiger partial charge in [-0.05, 0) is 42.9 Å². The summed E-state index contributed by atoms with van der Waals surface area (Å²) in [7, 11) is 1.70. The monoisotopic (exact) mass is 747 g/mol. The molecule has 8 atom stereocenters. The molecule has 3 amide bonds. The Balaban J connectivity index is 1.49. The van der Waals surface area contributed by atoms with Gasteiger partial charge >= 0.3 is 5.97 Å². The highest BCUT2D eigenvalue weighted by Gasteiger charge is 2.75. The van der Waals surface area contributed by atoms with Crippen LogP contribution in [0, 0.1) is 17.8 Å². The predicted octanol–water partition coefficient (Wildman–Crippen LogP) is 4.78. The quantitative estimate of drug-likeness (QED) is 0.320. The van der Waals surface area contributed by atoms with Crippen molar-refractivity contribution in [3.63, 3.8) is 0 Å². The first kappa shape index (κ1) is 36.0. The summed E-state index contributed by atoms with van der Waals surface area (Å²) in [6.45, 7) is 5.97. The van der Waals surface area contributed by atoms with E-state index in [9.17, 15) is 19.5 Å². The number of aliphatic hydroxyl groups is 1. The van der Waals surface area contributed by atoms with Gasteiger partial charge in [-0.2, -0.15) is 0 Å². The number of esters is 1. The predicted molar refractivity (Wildman–Crippen MR) is 190 cm³/mol. The Morgan fingerprint density at radius 2 is 1.64 bits per heavy atom. The summed E-state index contributed by atoms with van der Waals surface area (Å²) in [4.78, 5) is 62.6. The molecule has 2 saturated heterocycles. The largest absolute Gasteiger partial charge is 0.455 e. The standard InChI is InChI=1S/C39H46BrN3O7/c1-24(2)20-28(23-44)43-35-37(47)42(22-26-14-8-5-9-15-26)19-13-7-12-18-30(45)41(4)25(3)33(27-16-10-6-11-17-27)49-38(48)31-32(36(43)46)39(35)21-29(40)34(31)50-39/h5-11,13-17,21,24-25,28,31-35,44H,12,18-20,22-23H2,1-4H3/b13-7-/t25-,28-,31+,32-,33+,34+,35+,39-/m1/s1. The zero-order chi connectivity index (χ0) is 35.7. The van der Waals surface area contributed by atoms with Gasteiger partial charge in [0.1, 0.15) is 29.8 Å². The second-order valence-corrected chi connectivity index (χ2v) is 15.2. The molecule has 2 aromatic rings. The molecule has 2 fully saturated rings. The number of amides is 3. The highest BCUT2D eigenvalue weighted by molar-refractivity contribution is 9.11. The number of ether oxygens (including phenoxy) is 2. The third-order valence-corrected chi connectivity index (χ3v) is 11.3. The van der Waals surface area contributed by atoms with E-state index in [0.29, 0.717) is 22.9 Å². The third kappa shape index (κ3) is 6.55. The number of likely N-dealkylation sites (N-methyl/N-ethyl adjacent to an activating group) is 1. The lowest BCUT2D eigenvalue weighted by Crippen LogP contribution is -2.58. The van der Waals surface area contributed by atoms with E-state index in [-0.39, 0.29) is 43.8 Å². The minimum atomic E-state index is -1.47. The number of benzene rings is 2. The Morgan fingerprint density at radius 1 is 0.960 bits per heavy atom. The van der Waals surface area contributed by atoms with Gasteiger partial charge in [-0.25, -0.2) is 0 Å². The summed E-state index contributed by atoms with van der Waals surface area (Å²) >= 11 is 3.63. The number of halogens is 1. The zero-order valence-electron chi connectivity index (χ0n) is 29.0. The molecule has 4 heterocycles. The molecule has 0 aromatic heterocycles. The van der Waals surface area contributed by atoms with Gasteiger partial charge in [-0.15, -0.1) is 0 Å². The first-order chi connectivity index (χ1) is 24.0. The maximum absolute atomic E-state index is 15.1. The van der Waals surface area contributed by atoms with Crippen LogP contribution in [0.15, 0.2) is 83.4 Å². The van der Waals surface area contributed by atoms with E-state index >= 15 is 4.79 Å². The van der Waals surface area contributed by atoms with Crippen LogP contribution in [-0.4, -0.2) is 93.5 Å². The van der Waals surface area contributed by atoms with Crippen LogP contribution in [0.5, 0.6) is 0 Å². The van der Waals surface area contributed by atoms with Crippen molar-refractivity contribution in [2.45, 2.75) is 82.5 Å². The number of fused-ring (bicyclic) bond motifs is 2. The lowest BCUT2D eigenvalue weighted by atomic mass is 9.74. The molecule has 0 unspecified atom stereocenters. The molecule has 2 aromatic carbocycles. The Kier molecular flexibility index (Phi) is 10.7. The number of carbonyl (C=O) groups excluding carboxylic acids is 4. The Bertz CT molecular complexity index is 1650. The van der Waals surface area contributed by atoms with E-state index in [4.69, 9.17) is 9.47 Å². The molecule has 0 saturated carbocycles. The fourth-order valence-electron chi connectivity index (χ4n) is 8.05. The fourth-order valence-corrected chi connectivity index (χ4v) is 8.79. The number of carbonyl (C=O) groups is 4. The highest BCUT2D eigenvalue weighted by Crippen LogP contribution is 2.59. The first-order valence-electron chi connectivity index (χ1n) is 17.5. The van der Waals surface area contributed by atoms with Crippen molar-refractivity contribution in [3.05, 3.63) is 94.5 Å². The van der Waals surface area contributed by atoms with Crippen molar-refractivity contribution in [2.24, 2.45) is 17.8 Å². The summed E-state index contributed by atoms with van der Waals surface area (Å²) in [6.07, 6.45) is 5.01. The van der Waals surface area contributed by atoms with Crippen molar-refractivity contribution in [1.29, 1.82) is 0 Å². The third-order valence-electron chi connectivity index (χ3n) is 10.6. The normalized spacial score (nSPS) is 31.6. The van der Waals surface area contributed by atoms with E-state index < -0.39 is 59.6 Å². The van der Waals surface area contributed by atoms with Crippen LogP contribution < -0.4 is 0 Å². The molecule has 0 aliphatic carbocycles. The topological polar surface area (TPSA) is 117 Å². The zero-order valence-corrected chi connectivity index (χ0v) is 30.6. The van der Waals surface area contributed by atoms with Crippen molar-refractivity contribution < 1.29 is 33.8 Å². The second-order valence-electron chi connectivity index (χ2n) is 14.3.